The fourth-order valence-electron chi connectivity index (χ4n) is 2.33. The first-order valence-electron chi connectivity index (χ1n) is 8.58. The van der Waals surface area contributed by atoms with Crippen LogP contribution in [0.4, 0.5) is 8.78 Å². The van der Waals surface area contributed by atoms with E-state index in [4.69, 9.17) is 4.74 Å². The van der Waals surface area contributed by atoms with E-state index in [0.717, 1.165) is 17.7 Å². The molecule has 0 saturated heterocycles. The van der Waals surface area contributed by atoms with Gasteiger partial charge in [0.2, 0.25) is 11.8 Å². The molecule has 0 aliphatic rings. The molecule has 0 aliphatic heterocycles. The first-order valence-corrected chi connectivity index (χ1v) is 8.58. The smallest absolute Gasteiger partial charge is 0.254 e. The third kappa shape index (κ3) is 6.32. The third-order valence-electron chi connectivity index (χ3n) is 3.65. The van der Waals surface area contributed by atoms with Crippen LogP contribution in [0.5, 0.6) is 5.88 Å². The maximum absolute atomic E-state index is 13.5. The van der Waals surface area contributed by atoms with Crippen molar-refractivity contribution in [3.8, 4) is 5.88 Å². The van der Waals surface area contributed by atoms with Gasteiger partial charge in [-0.1, -0.05) is 6.07 Å². The quantitative estimate of drug-likeness (QED) is 0.659. The predicted octanol–water partition coefficient (Wildman–Crippen LogP) is 2.58. The molecule has 0 aliphatic carbocycles. The van der Waals surface area contributed by atoms with Crippen LogP contribution in [0.15, 0.2) is 36.5 Å². The van der Waals surface area contributed by atoms with Gasteiger partial charge in [-0.3, -0.25) is 9.59 Å². The molecule has 2 amide bonds. The Hall–Kier alpha value is -3.03. The lowest BCUT2D eigenvalue weighted by Gasteiger charge is -2.10. The van der Waals surface area contributed by atoms with E-state index in [9.17, 15) is 18.4 Å². The lowest BCUT2D eigenvalue weighted by molar-refractivity contribution is -0.121. The molecular weight excluding hydrogens is 356 g/mol. The van der Waals surface area contributed by atoms with E-state index in [2.05, 4.69) is 15.6 Å². The highest BCUT2D eigenvalue weighted by Gasteiger charge is 2.12. The number of aromatic nitrogens is 1. The number of hydrogen-bond donors (Lipinski definition) is 2. The van der Waals surface area contributed by atoms with E-state index in [1.807, 2.05) is 13.0 Å². The standard InChI is InChI=1S/C19H21F2N3O3/c1-2-27-19-13(5-3-10-23-19)12-24-17(25)6-4-9-22-18(26)15-8-7-14(20)11-16(15)21/h3,5,7-8,10-11H,2,4,6,9,12H2,1H3,(H,22,26)(H,24,25). The lowest BCUT2D eigenvalue weighted by Crippen LogP contribution is -2.28. The largest absolute Gasteiger partial charge is 0.478 e. The van der Waals surface area contributed by atoms with Gasteiger partial charge >= 0.3 is 0 Å². The maximum atomic E-state index is 13.5. The van der Waals surface area contributed by atoms with E-state index in [1.54, 1.807) is 12.3 Å². The second-order valence-corrected chi connectivity index (χ2v) is 5.66. The van der Waals surface area contributed by atoms with Crippen molar-refractivity contribution in [2.45, 2.75) is 26.3 Å². The van der Waals surface area contributed by atoms with Crippen molar-refractivity contribution in [1.82, 2.24) is 15.6 Å². The Kier molecular flexibility index (Phi) is 7.66. The molecule has 27 heavy (non-hydrogen) atoms. The van der Waals surface area contributed by atoms with Crippen LogP contribution in [-0.4, -0.2) is 29.9 Å². The Bertz CT molecular complexity index is 800. The summed E-state index contributed by atoms with van der Waals surface area (Å²) in [5.74, 6) is -2.03. The molecule has 8 heteroatoms. The number of pyridine rings is 1. The van der Waals surface area contributed by atoms with Crippen LogP contribution in [0.2, 0.25) is 0 Å². The molecule has 2 N–H and O–H groups in total. The van der Waals surface area contributed by atoms with Gasteiger partial charge in [0.05, 0.1) is 12.2 Å². The Labute approximate surface area is 155 Å². The van der Waals surface area contributed by atoms with E-state index in [1.165, 1.54) is 0 Å². The second-order valence-electron chi connectivity index (χ2n) is 5.66. The number of ether oxygens (including phenoxy) is 1. The third-order valence-corrected chi connectivity index (χ3v) is 3.65. The van der Waals surface area contributed by atoms with Gasteiger partial charge in [-0.05, 0) is 31.5 Å². The highest BCUT2D eigenvalue weighted by molar-refractivity contribution is 5.94. The van der Waals surface area contributed by atoms with Gasteiger partial charge in [0, 0.05) is 37.3 Å². The summed E-state index contributed by atoms with van der Waals surface area (Å²) in [6, 6.07) is 6.32. The van der Waals surface area contributed by atoms with E-state index in [-0.39, 0.29) is 31.0 Å². The van der Waals surface area contributed by atoms with Gasteiger partial charge in [-0.2, -0.15) is 0 Å². The highest BCUT2D eigenvalue weighted by Crippen LogP contribution is 2.13. The summed E-state index contributed by atoms with van der Waals surface area (Å²) in [4.78, 5) is 27.8. The molecule has 0 radical (unpaired) electrons. The average molecular weight is 377 g/mol. The fourth-order valence-corrected chi connectivity index (χ4v) is 2.33. The van der Waals surface area contributed by atoms with Gasteiger partial charge in [0.1, 0.15) is 11.6 Å². The number of hydrogen-bond acceptors (Lipinski definition) is 4. The van der Waals surface area contributed by atoms with E-state index >= 15 is 0 Å². The Morgan fingerprint density at radius 1 is 1.19 bits per heavy atom. The summed E-state index contributed by atoms with van der Waals surface area (Å²) in [6.07, 6.45) is 2.19. The van der Waals surface area contributed by atoms with Gasteiger partial charge in [-0.25, -0.2) is 13.8 Å². The number of benzene rings is 1. The molecule has 144 valence electrons. The summed E-state index contributed by atoms with van der Waals surface area (Å²) >= 11 is 0. The second kappa shape index (κ2) is 10.2. The zero-order valence-electron chi connectivity index (χ0n) is 14.9. The average Bonchev–Trinajstić information content (AvgIpc) is 2.64. The SMILES string of the molecule is CCOc1ncccc1CNC(=O)CCCNC(=O)c1ccc(F)cc1F. The predicted molar refractivity (Wildman–Crippen MR) is 95.2 cm³/mol. The number of nitrogens with zero attached hydrogens (tertiary/aromatic N) is 1. The van der Waals surface area contributed by atoms with Crippen LogP contribution in [-0.2, 0) is 11.3 Å². The van der Waals surface area contributed by atoms with Crippen molar-refractivity contribution < 1.29 is 23.1 Å². The summed E-state index contributed by atoms with van der Waals surface area (Å²) in [6.45, 7) is 2.81. The molecule has 0 fully saturated rings. The molecule has 0 spiro atoms. The normalized spacial score (nSPS) is 10.3. The maximum Gasteiger partial charge on any atom is 0.254 e. The van der Waals surface area contributed by atoms with Crippen molar-refractivity contribution in [1.29, 1.82) is 0 Å². The van der Waals surface area contributed by atoms with Crippen molar-refractivity contribution in [2.24, 2.45) is 0 Å². The van der Waals surface area contributed by atoms with Gasteiger partial charge in [-0.15, -0.1) is 0 Å². The number of carbonyl (C=O) groups is 2. The van der Waals surface area contributed by atoms with Crippen LogP contribution in [0.3, 0.4) is 0 Å². The molecule has 0 unspecified atom stereocenters. The minimum absolute atomic E-state index is 0.191. The number of halogens is 2. The van der Waals surface area contributed by atoms with Gasteiger partial charge in [0.25, 0.3) is 5.91 Å². The number of rotatable bonds is 9. The van der Waals surface area contributed by atoms with Gasteiger partial charge < -0.3 is 15.4 Å². The zero-order valence-corrected chi connectivity index (χ0v) is 14.9. The van der Waals surface area contributed by atoms with Crippen LogP contribution < -0.4 is 15.4 Å². The highest BCUT2D eigenvalue weighted by atomic mass is 19.1. The number of amides is 2. The summed E-state index contributed by atoms with van der Waals surface area (Å²) in [5, 5.41) is 5.26. The van der Waals surface area contributed by atoms with Crippen LogP contribution in [0.1, 0.15) is 35.7 Å². The van der Waals surface area contributed by atoms with E-state index in [0.29, 0.717) is 25.0 Å². The molecule has 0 bridgehead atoms. The van der Waals surface area contributed by atoms with Crippen LogP contribution >= 0.6 is 0 Å². The van der Waals surface area contributed by atoms with Crippen molar-refractivity contribution in [3.63, 3.8) is 0 Å². The molecule has 1 heterocycles. The monoisotopic (exact) mass is 377 g/mol. The van der Waals surface area contributed by atoms with Gasteiger partial charge in [0.15, 0.2) is 0 Å². The van der Waals surface area contributed by atoms with Crippen molar-refractivity contribution in [2.75, 3.05) is 13.2 Å². The molecule has 2 rings (SSSR count). The summed E-state index contributed by atoms with van der Waals surface area (Å²) < 4.78 is 31.7. The molecule has 2 aromatic rings. The number of nitrogens with one attached hydrogen (secondary N) is 2. The lowest BCUT2D eigenvalue weighted by atomic mass is 10.2. The summed E-state index contributed by atoms with van der Waals surface area (Å²) in [5.41, 5.74) is 0.536. The zero-order chi connectivity index (χ0) is 19.6. The molecule has 0 atom stereocenters. The first kappa shape index (κ1) is 20.3. The van der Waals surface area contributed by atoms with Crippen molar-refractivity contribution in [3.05, 3.63) is 59.3 Å². The van der Waals surface area contributed by atoms with Crippen molar-refractivity contribution >= 4 is 11.8 Å². The minimum atomic E-state index is -0.924. The topological polar surface area (TPSA) is 80.3 Å². The number of carbonyl (C=O) groups excluding carboxylic acids is 2. The Morgan fingerprint density at radius 2 is 2.00 bits per heavy atom. The van der Waals surface area contributed by atoms with Crippen LogP contribution in [0.25, 0.3) is 0 Å². The first-order chi connectivity index (χ1) is 13.0. The van der Waals surface area contributed by atoms with Crippen LogP contribution in [0, 0.1) is 11.6 Å². The molecule has 1 aromatic carbocycles. The minimum Gasteiger partial charge on any atom is -0.478 e. The fraction of sp³-hybridized carbons (Fsp3) is 0.316. The molecule has 6 nitrogen and oxygen atoms in total. The molecular formula is C19H21F2N3O3. The Morgan fingerprint density at radius 3 is 2.74 bits per heavy atom. The summed E-state index contributed by atoms with van der Waals surface area (Å²) in [7, 11) is 0. The Balaban J connectivity index is 1.71. The van der Waals surface area contributed by atoms with E-state index < -0.39 is 17.5 Å². The molecule has 1 aromatic heterocycles. The molecule has 0 saturated carbocycles.